The van der Waals surface area contributed by atoms with Gasteiger partial charge in [-0.2, -0.15) is 4.98 Å². The van der Waals surface area contributed by atoms with Crippen molar-refractivity contribution in [3.05, 3.63) is 47.2 Å². The first-order chi connectivity index (χ1) is 14.1. The molecule has 6 heteroatoms. The molecule has 0 saturated heterocycles. The van der Waals surface area contributed by atoms with Gasteiger partial charge >= 0.3 is 0 Å². The summed E-state index contributed by atoms with van der Waals surface area (Å²) in [5.41, 5.74) is 3.12. The quantitative estimate of drug-likeness (QED) is 0.770. The molecule has 0 aliphatic heterocycles. The average molecular weight is 410 g/mol. The number of hydrogen-bond acceptors (Lipinski definition) is 5. The van der Waals surface area contributed by atoms with Crippen LogP contribution in [-0.4, -0.2) is 42.1 Å². The maximum atomic E-state index is 12.6. The van der Waals surface area contributed by atoms with Crippen molar-refractivity contribution < 1.29 is 4.79 Å². The lowest BCUT2D eigenvalue weighted by atomic mass is 9.86. The number of amides is 1. The highest BCUT2D eigenvalue weighted by atomic mass is 16.1. The van der Waals surface area contributed by atoms with E-state index in [1.54, 1.807) is 0 Å². The number of carbonyl (C=O) groups excluding carboxylic acids is 1. The summed E-state index contributed by atoms with van der Waals surface area (Å²) in [5.74, 6) is 1.63. The van der Waals surface area contributed by atoms with Gasteiger partial charge in [-0.25, -0.2) is 4.98 Å². The summed E-state index contributed by atoms with van der Waals surface area (Å²) in [6, 6.07) is 8.52. The van der Waals surface area contributed by atoms with Gasteiger partial charge in [0.1, 0.15) is 5.82 Å². The topological polar surface area (TPSA) is 70.1 Å². The molecule has 6 nitrogen and oxygen atoms in total. The predicted molar refractivity (Wildman–Crippen MR) is 123 cm³/mol. The molecule has 0 atom stereocenters. The van der Waals surface area contributed by atoms with Crippen molar-refractivity contribution in [2.45, 2.75) is 70.9 Å². The number of rotatable bonds is 5. The maximum Gasteiger partial charge on any atom is 0.251 e. The molecule has 0 unspecified atom stereocenters. The third kappa shape index (κ3) is 5.49. The Hall–Kier alpha value is -2.63. The van der Waals surface area contributed by atoms with Gasteiger partial charge in [0, 0.05) is 43.5 Å². The number of benzene rings is 1. The van der Waals surface area contributed by atoms with Crippen LogP contribution in [-0.2, 0) is 5.41 Å². The summed E-state index contributed by atoms with van der Waals surface area (Å²) in [6.07, 6.45) is 5.75. The molecule has 1 fully saturated rings. The number of nitrogens with one attached hydrogen (secondary N) is 2. The Balaban J connectivity index is 1.51. The SMILES string of the molecule is Cc1cnc(N[C@H]2CC[C@@H](NC(=O)c3ccc(C(C)(C)C)cc3)CC2)nc1N(C)C. The first kappa shape index (κ1) is 22.1. The van der Waals surface area contributed by atoms with Crippen molar-refractivity contribution in [1.82, 2.24) is 15.3 Å². The summed E-state index contributed by atoms with van der Waals surface area (Å²) in [5, 5.41) is 6.67. The molecule has 0 spiro atoms. The summed E-state index contributed by atoms with van der Waals surface area (Å²) in [7, 11) is 3.98. The minimum Gasteiger partial charge on any atom is -0.362 e. The van der Waals surface area contributed by atoms with E-state index in [0.29, 0.717) is 12.0 Å². The Morgan fingerprint density at radius 3 is 2.20 bits per heavy atom. The Kier molecular flexibility index (Phi) is 6.64. The van der Waals surface area contributed by atoms with E-state index >= 15 is 0 Å². The van der Waals surface area contributed by atoms with Gasteiger partial charge < -0.3 is 15.5 Å². The van der Waals surface area contributed by atoms with Gasteiger partial charge in [-0.3, -0.25) is 4.79 Å². The number of anilines is 2. The fraction of sp³-hybridized carbons (Fsp3) is 0.542. The minimum absolute atomic E-state index is 0.0179. The van der Waals surface area contributed by atoms with Crippen LogP contribution in [0.4, 0.5) is 11.8 Å². The second-order valence-corrected chi connectivity index (χ2v) is 9.59. The molecule has 1 heterocycles. The molecule has 1 aromatic carbocycles. The van der Waals surface area contributed by atoms with Gasteiger partial charge in [-0.15, -0.1) is 0 Å². The van der Waals surface area contributed by atoms with Crippen LogP contribution in [0, 0.1) is 6.92 Å². The minimum atomic E-state index is 0.0179. The van der Waals surface area contributed by atoms with E-state index in [1.807, 2.05) is 44.2 Å². The number of aryl methyl sites for hydroxylation is 1. The summed E-state index contributed by atoms with van der Waals surface area (Å²) < 4.78 is 0. The smallest absolute Gasteiger partial charge is 0.251 e. The molecule has 30 heavy (non-hydrogen) atoms. The fourth-order valence-electron chi connectivity index (χ4n) is 3.91. The molecule has 162 valence electrons. The van der Waals surface area contributed by atoms with E-state index in [-0.39, 0.29) is 17.4 Å². The predicted octanol–water partition coefficient (Wildman–Crippen LogP) is 4.30. The van der Waals surface area contributed by atoms with Crippen LogP contribution >= 0.6 is 0 Å². The van der Waals surface area contributed by atoms with Gasteiger partial charge in [0.05, 0.1) is 0 Å². The van der Waals surface area contributed by atoms with Gasteiger partial charge in [-0.1, -0.05) is 32.9 Å². The monoisotopic (exact) mass is 409 g/mol. The van der Waals surface area contributed by atoms with Crippen molar-refractivity contribution >= 4 is 17.7 Å². The first-order valence-corrected chi connectivity index (χ1v) is 10.8. The molecule has 1 aliphatic carbocycles. The van der Waals surface area contributed by atoms with Crippen LogP contribution in [0.15, 0.2) is 30.5 Å². The van der Waals surface area contributed by atoms with Gasteiger partial charge in [0.25, 0.3) is 5.91 Å². The summed E-state index contributed by atoms with van der Waals surface area (Å²) in [4.78, 5) is 23.7. The molecule has 1 aromatic heterocycles. The zero-order valence-corrected chi connectivity index (χ0v) is 19.1. The molecule has 2 N–H and O–H groups in total. The number of aromatic nitrogens is 2. The number of nitrogens with zero attached hydrogens (tertiary/aromatic N) is 3. The Morgan fingerprint density at radius 2 is 1.63 bits per heavy atom. The van der Waals surface area contributed by atoms with Crippen LogP contribution in [0.3, 0.4) is 0 Å². The molecular formula is C24H35N5O. The first-order valence-electron chi connectivity index (χ1n) is 10.8. The standard InChI is InChI=1S/C24H35N5O/c1-16-15-25-23(28-21(16)29(5)6)27-20-13-11-19(12-14-20)26-22(30)17-7-9-18(10-8-17)24(2,3)4/h7-10,15,19-20H,11-14H2,1-6H3,(H,26,30)(H,25,27,28)/t19-,20+. The van der Waals surface area contributed by atoms with Gasteiger partial charge in [0.2, 0.25) is 5.95 Å². The number of carbonyl (C=O) groups is 1. The van der Waals surface area contributed by atoms with Gasteiger partial charge in [-0.05, 0) is 55.7 Å². The van der Waals surface area contributed by atoms with E-state index in [9.17, 15) is 4.79 Å². The van der Waals surface area contributed by atoms with Crippen LogP contribution in [0.2, 0.25) is 0 Å². The molecule has 1 saturated carbocycles. The molecule has 1 amide bonds. The molecule has 0 bridgehead atoms. The van der Waals surface area contributed by atoms with Crippen molar-refractivity contribution in [2.24, 2.45) is 0 Å². The zero-order chi connectivity index (χ0) is 21.9. The molecule has 0 radical (unpaired) electrons. The zero-order valence-electron chi connectivity index (χ0n) is 19.1. The van der Waals surface area contributed by atoms with Crippen LogP contribution in [0.1, 0.15) is 67.9 Å². The highest BCUT2D eigenvalue weighted by molar-refractivity contribution is 5.94. The van der Waals surface area contributed by atoms with E-state index < -0.39 is 0 Å². The van der Waals surface area contributed by atoms with Crippen molar-refractivity contribution in [1.29, 1.82) is 0 Å². The lowest BCUT2D eigenvalue weighted by Gasteiger charge is -2.30. The highest BCUT2D eigenvalue weighted by Gasteiger charge is 2.24. The molecule has 2 aromatic rings. The Morgan fingerprint density at radius 1 is 1.03 bits per heavy atom. The highest BCUT2D eigenvalue weighted by Crippen LogP contribution is 2.24. The van der Waals surface area contributed by atoms with E-state index in [1.165, 1.54) is 5.56 Å². The third-order valence-electron chi connectivity index (χ3n) is 5.78. The Labute approximate surface area is 180 Å². The third-order valence-corrected chi connectivity index (χ3v) is 5.78. The Bertz CT molecular complexity index is 862. The van der Waals surface area contributed by atoms with Gasteiger partial charge in [0.15, 0.2) is 0 Å². The second-order valence-electron chi connectivity index (χ2n) is 9.59. The van der Waals surface area contributed by atoms with E-state index in [4.69, 9.17) is 0 Å². The van der Waals surface area contributed by atoms with Crippen LogP contribution in [0.5, 0.6) is 0 Å². The lowest BCUT2D eigenvalue weighted by molar-refractivity contribution is 0.0926. The molecule has 1 aliphatic rings. The largest absolute Gasteiger partial charge is 0.362 e. The van der Waals surface area contributed by atoms with Crippen LogP contribution in [0.25, 0.3) is 0 Å². The van der Waals surface area contributed by atoms with Crippen molar-refractivity contribution in [3.8, 4) is 0 Å². The lowest BCUT2D eigenvalue weighted by Crippen LogP contribution is -2.40. The summed E-state index contributed by atoms with van der Waals surface area (Å²) in [6.45, 7) is 8.55. The second kappa shape index (κ2) is 9.02. The fourth-order valence-corrected chi connectivity index (χ4v) is 3.91. The van der Waals surface area contributed by atoms with Crippen molar-refractivity contribution in [2.75, 3.05) is 24.3 Å². The van der Waals surface area contributed by atoms with E-state index in [0.717, 1.165) is 42.6 Å². The number of hydrogen-bond donors (Lipinski definition) is 2. The van der Waals surface area contributed by atoms with E-state index in [2.05, 4.69) is 53.5 Å². The molecule has 3 rings (SSSR count). The maximum absolute atomic E-state index is 12.6. The normalized spacial score (nSPS) is 19.3. The average Bonchev–Trinajstić information content (AvgIpc) is 2.70. The van der Waals surface area contributed by atoms with Crippen molar-refractivity contribution in [3.63, 3.8) is 0 Å². The summed E-state index contributed by atoms with van der Waals surface area (Å²) >= 11 is 0. The molecular weight excluding hydrogens is 374 g/mol. The van der Waals surface area contributed by atoms with Crippen LogP contribution < -0.4 is 15.5 Å².